The van der Waals surface area contributed by atoms with E-state index in [0.29, 0.717) is 21.7 Å². The lowest BCUT2D eigenvalue weighted by Crippen LogP contribution is -2.64. The lowest BCUT2D eigenvalue weighted by atomic mass is 9.31. The molecular formula is C27H42Si. The molecule has 28 heavy (non-hydrogen) atoms. The molecule has 8 saturated carbocycles. The molecule has 0 amide bonds. The van der Waals surface area contributed by atoms with Gasteiger partial charge in [-0.15, -0.1) is 6.58 Å². The Morgan fingerprint density at radius 2 is 1.11 bits per heavy atom. The summed E-state index contributed by atoms with van der Waals surface area (Å²) in [4.78, 5) is 0. The first-order valence-electron chi connectivity index (χ1n) is 12.5. The summed E-state index contributed by atoms with van der Waals surface area (Å²) in [5.41, 5.74) is 5.19. The predicted molar refractivity (Wildman–Crippen MR) is 122 cm³/mol. The molecule has 0 aromatic carbocycles. The lowest BCUT2D eigenvalue weighted by Gasteiger charge is -2.73. The Labute approximate surface area is 174 Å². The van der Waals surface area contributed by atoms with Crippen LogP contribution in [0.25, 0.3) is 0 Å². The van der Waals surface area contributed by atoms with Crippen LogP contribution in [0.2, 0.25) is 19.6 Å². The maximum Gasteiger partial charge on any atom is 0.0683 e. The van der Waals surface area contributed by atoms with Crippen LogP contribution >= 0.6 is 0 Å². The Bertz CT molecular complexity index is 693. The van der Waals surface area contributed by atoms with Crippen LogP contribution in [0.5, 0.6) is 0 Å². The number of rotatable bonds is 4. The predicted octanol–water partition coefficient (Wildman–Crippen LogP) is 7.78. The largest absolute Gasteiger partial charge is 0.103 e. The number of hydrogen-bond acceptors (Lipinski definition) is 0. The molecule has 8 fully saturated rings. The molecule has 154 valence electrons. The molecule has 0 aromatic heterocycles. The molecule has 0 radical (unpaired) electrons. The average Bonchev–Trinajstić information content (AvgIpc) is 2.57. The second-order valence-electron chi connectivity index (χ2n) is 14.1. The molecule has 0 heterocycles. The van der Waals surface area contributed by atoms with Crippen molar-refractivity contribution in [2.45, 2.75) is 96.7 Å². The Morgan fingerprint density at radius 3 is 1.54 bits per heavy atom. The first kappa shape index (κ1) is 18.5. The van der Waals surface area contributed by atoms with Gasteiger partial charge in [0.1, 0.15) is 0 Å². The molecule has 1 heteroatoms. The van der Waals surface area contributed by atoms with E-state index in [0.717, 1.165) is 23.7 Å². The van der Waals surface area contributed by atoms with Gasteiger partial charge in [0.25, 0.3) is 0 Å². The highest BCUT2D eigenvalue weighted by molar-refractivity contribution is 6.80. The van der Waals surface area contributed by atoms with Gasteiger partial charge in [-0.1, -0.05) is 37.5 Å². The van der Waals surface area contributed by atoms with Crippen LogP contribution in [0.4, 0.5) is 0 Å². The van der Waals surface area contributed by atoms with Crippen LogP contribution in [0.1, 0.15) is 77.0 Å². The number of allylic oxidation sites excluding steroid dienone is 2. The molecule has 0 spiro atoms. The monoisotopic (exact) mass is 394 g/mol. The van der Waals surface area contributed by atoms with Crippen molar-refractivity contribution in [3.8, 4) is 0 Å². The molecule has 8 aliphatic carbocycles. The van der Waals surface area contributed by atoms with Gasteiger partial charge < -0.3 is 0 Å². The van der Waals surface area contributed by atoms with Crippen LogP contribution in [-0.4, -0.2) is 8.07 Å². The van der Waals surface area contributed by atoms with Crippen molar-refractivity contribution in [2.75, 3.05) is 0 Å². The third-order valence-corrected chi connectivity index (χ3v) is 11.9. The summed E-state index contributed by atoms with van der Waals surface area (Å²) in [6.45, 7) is 12.0. The third kappa shape index (κ3) is 2.53. The highest BCUT2D eigenvalue weighted by atomic mass is 28.3. The Morgan fingerprint density at radius 1 is 0.679 bits per heavy atom. The van der Waals surface area contributed by atoms with Crippen molar-refractivity contribution in [2.24, 2.45) is 45.3 Å². The molecule has 8 rings (SSSR count). The van der Waals surface area contributed by atoms with Crippen LogP contribution in [0, 0.1) is 45.3 Å². The SMILES string of the molecule is C=CC12CC3CC(C1)CC(C14CC5CC(CC(C=C[Si](C)(C)C)(C5)C1)C4)(C3)C2. The van der Waals surface area contributed by atoms with Gasteiger partial charge >= 0.3 is 0 Å². The van der Waals surface area contributed by atoms with Gasteiger partial charge in [-0.3, -0.25) is 0 Å². The van der Waals surface area contributed by atoms with Gasteiger partial charge in [0, 0.05) is 0 Å². The summed E-state index contributed by atoms with van der Waals surface area (Å²) in [6, 6.07) is 0. The minimum atomic E-state index is -1.12. The van der Waals surface area contributed by atoms with Gasteiger partial charge in [-0.05, 0) is 122 Å². The molecule has 0 aliphatic heterocycles. The molecule has 4 unspecified atom stereocenters. The van der Waals surface area contributed by atoms with Gasteiger partial charge in [0.05, 0.1) is 8.07 Å². The van der Waals surface area contributed by atoms with Crippen molar-refractivity contribution in [3.05, 3.63) is 24.4 Å². The highest BCUT2D eigenvalue weighted by Crippen LogP contribution is 2.78. The van der Waals surface area contributed by atoms with Gasteiger partial charge in [0.2, 0.25) is 0 Å². The van der Waals surface area contributed by atoms with E-state index in [4.69, 9.17) is 0 Å². The zero-order chi connectivity index (χ0) is 19.4. The zero-order valence-electron chi connectivity index (χ0n) is 18.7. The quantitative estimate of drug-likeness (QED) is 0.337. The molecule has 0 aromatic rings. The smallest absolute Gasteiger partial charge is 0.0683 e. The average molecular weight is 395 g/mol. The number of hydrogen-bond donors (Lipinski definition) is 0. The fraction of sp³-hybridized carbons (Fsp3) is 0.852. The molecule has 0 N–H and O–H groups in total. The second-order valence-corrected chi connectivity index (χ2v) is 19.2. The van der Waals surface area contributed by atoms with E-state index in [1.165, 1.54) is 32.1 Å². The minimum absolute atomic E-state index is 0.523. The molecule has 0 nitrogen and oxygen atoms in total. The highest BCUT2D eigenvalue weighted by Gasteiger charge is 2.69. The van der Waals surface area contributed by atoms with E-state index in [1.807, 2.05) is 0 Å². The van der Waals surface area contributed by atoms with Crippen LogP contribution in [0.3, 0.4) is 0 Å². The standard InChI is InChI=1S/C27H42Si/c1-5-24-10-20-8-21(11-24)15-26(14-20,18-24)27-16-22-9-23(17-27)13-25(12-22,19-27)6-7-28(2,3)4/h5-7,20-23H,1,8-19H2,2-4H3. The van der Waals surface area contributed by atoms with Gasteiger partial charge in [0.15, 0.2) is 0 Å². The van der Waals surface area contributed by atoms with E-state index in [2.05, 4.69) is 44.1 Å². The third-order valence-electron chi connectivity index (χ3n) is 10.7. The maximum absolute atomic E-state index is 4.39. The van der Waals surface area contributed by atoms with Crippen molar-refractivity contribution < 1.29 is 0 Å². The summed E-state index contributed by atoms with van der Waals surface area (Å²) < 4.78 is 0. The van der Waals surface area contributed by atoms with E-state index in [9.17, 15) is 0 Å². The van der Waals surface area contributed by atoms with Gasteiger partial charge in [-0.25, -0.2) is 0 Å². The van der Waals surface area contributed by atoms with Crippen molar-refractivity contribution in [3.63, 3.8) is 0 Å². The van der Waals surface area contributed by atoms with Crippen molar-refractivity contribution >= 4 is 8.07 Å². The topological polar surface area (TPSA) is 0 Å². The van der Waals surface area contributed by atoms with E-state index >= 15 is 0 Å². The summed E-state index contributed by atoms with van der Waals surface area (Å²) in [7, 11) is -1.12. The van der Waals surface area contributed by atoms with E-state index in [-0.39, 0.29) is 0 Å². The van der Waals surface area contributed by atoms with E-state index in [1.54, 1.807) is 44.9 Å². The fourth-order valence-electron chi connectivity index (χ4n) is 10.8. The van der Waals surface area contributed by atoms with Crippen LogP contribution < -0.4 is 0 Å². The molecule has 4 atom stereocenters. The van der Waals surface area contributed by atoms with Crippen LogP contribution in [-0.2, 0) is 0 Å². The first-order valence-corrected chi connectivity index (χ1v) is 16.1. The Balaban J connectivity index is 1.40. The first-order chi connectivity index (χ1) is 13.2. The second kappa shape index (κ2) is 5.48. The molecule has 8 bridgehead atoms. The van der Waals surface area contributed by atoms with Crippen molar-refractivity contribution in [1.82, 2.24) is 0 Å². The summed E-state index contributed by atoms with van der Waals surface area (Å²) in [5.74, 6) is 4.14. The Kier molecular flexibility index (Phi) is 3.62. The molecular weight excluding hydrogens is 352 g/mol. The van der Waals surface area contributed by atoms with Gasteiger partial charge in [-0.2, -0.15) is 0 Å². The van der Waals surface area contributed by atoms with Crippen LogP contribution in [0.15, 0.2) is 24.4 Å². The van der Waals surface area contributed by atoms with E-state index < -0.39 is 8.07 Å². The fourth-order valence-corrected chi connectivity index (χ4v) is 11.6. The molecule has 0 saturated heterocycles. The zero-order valence-corrected chi connectivity index (χ0v) is 19.7. The molecule has 8 aliphatic rings. The summed E-state index contributed by atoms with van der Waals surface area (Å²) in [5, 5.41) is 0. The van der Waals surface area contributed by atoms with Crippen molar-refractivity contribution in [1.29, 1.82) is 0 Å². The normalized spacial score (nSPS) is 56.7. The summed E-state index contributed by atoms with van der Waals surface area (Å²) >= 11 is 0. The lowest BCUT2D eigenvalue weighted by molar-refractivity contribution is -0.223. The maximum atomic E-state index is 4.39. The Hall–Kier alpha value is -0.303. The summed E-state index contributed by atoms with van der Waals surface area (Å²) in [6.07, 6.45) is 23.9. The minimum Gasteiger partial charge on any atom is -0.103 e.